The predicted molar refractivity (Wildman–Crippen MR) is 114 cm³/mol. The van der Waals surface area contributed by atoms with E-state index in [2.05, 4.69) is 37.3 Å². The number of hydrogen-bond donors (Lipinski definition) is 0. The average molecular weight is 381 g/mol. The SMILES string of the molecule is CCOc1ccc2c(c1)CCC(c1ccc(C3CCC(CC)CC3)cc1F)C2. The molecule has 2 aromatic rings. The second-order valence-corrected chi connectivity index (χ2v) is 8.71. The van der Waals surface area contributed by atoms with Crippen LogP contribution in [0.2, 0.25) is 0 Å². The third kappa shape index (κ3) is 4.11. The fraction of sp³-hybridized carbons (Fsp3) is 0.538. The third-order valence-corrected chi connectivity index (χ3v) is 7.08. The van der Waals surface area contributed by atoms with Crippen LogP contribution in [-0.2, 0) is 12.8 Å². The Morgan fingerprint density at radius 3 is 2.43 bits per heavy atom. The van der Waals surface area contributed by atoms with E-state index in [0.717, 1.165) is 36.5 Å². The Morgan fingerprint density at radius 1 is 0.893 bits per heavy atom. The van der Waals surface area contributed by atoms with Crippen molar-refractivity contribution in [2.45, 2.75) is 77.0 Å². The van der Waals surface area contributed by atoms with Crippen LogP contribution in [0, 0.1) is 11.7 Å². The minimum atomic E-state index is 0.00880. The molecule has 2 aliphatic carbocycles. The van der Waals surface area contributed by atoms with Gasteiger partial charge in [0.25, 0.3) is 0 Å². The van der Waals surface area contributed by atoms with E-state index in [4.69, 9.17) is 4.74 Å². The molecule has 1 nitrogen and oxygen atoms in total. The van der Waals surface area contributed by atoms with Crippen molar-refractivity contribution in [3.63, 3.8) is 0 Å². The van der Waals surface area contributed by atoms with Crippen molar-refractivity contribution in [1.82, 2.24) is 0 Å². The Kier molecular flexibility index (Phi) is 6.04. The summed E-state index contributed by atoms with van der Waals surface area (Å²) in [4.78, 5) is 0. The van der Waals surface area contributed by atoms with Gasteiger partial charge in [0.15, 0.2) is 0 Å². The highest BCUT2D eigenvalue weighted by atomic mass is 19.1. The van der Waals surface area contributed by atoms with Crippen LogP contribution in [0.15, 0.2) is 36.4 Å². The molecule has 1 atom stereocenters. The van der Waals surface area contributed by atoms with Gasteiger partial charge in [0.2, 0.25) is 0 Å². The number of ether oxygens (including phenoxy) is 1. The zero-order valence-electron chi connectivity index (χ0n) is 17.3. The maximum Gasteiger partial charge on any atom is 0.126 e. The molecule has 0 heterocycles. The zero-order valence-corrected chi connectivity index (χ0v) is 17.3. The number of benzene rings is 2. The second-order valence-electron chi connectivity index (χ2n) is 8.71. The molecule has 0 spiro atoms. The van der Waals surface area contributed by atoms with E-state index in [9.17, 15) is 0 Å². The second kappa shape index (κ2) is 8.68. The van der Waals surface area contributed by atoms with Gasteiger partial charge in [-0.05, 0) is 110 Å². The minimum Gasteiger partial charge on any atom is -0.494 e. The Morgan fingerprint density at radius 2 is 1.71 bits per heavy atom. The van der Waals surface area contributed by atoms with E-state index < -0.39 is 0 Å². The van der Waals surface area contributed by atoms with Gasteiger partial charge in [-0.25, -0.2) is 4.39 Å². The molecular formula is C26H33FO. The maximum atomic E-state index is 15.1. The van der Waals surface area contributed by atoms with Crippen LogP contribution in [-0.4, -0.2) is 6.61 Å². The first-order valence-corrected chi connectivity index (χ1v) is 11.2. The average Bonchev–Trinajstić information content (AvgIpc) is 2.73. The first-order chi connectivity index (χ1) is 13.7. The fourth-order valence-corrected chi connectivity index (χ4v) is 5.29. The van der Waals surface area contributed by atoms with E-state index in [1.165, 1.54) is 48.8 Å². The molecule has 0 aliphatic heterocycles. The van der Waals surface area contributed by atoms with Crippen LogP contribution in [0.3, 0.4) is 0 Å². The Hall–Kier alpha value is -1.83. The van der Waals surface area contributed by atoms with Gasteiger partial charge in [-0.1, -0.05) is 31.5 Å². The Balaban J connectivity index is 1.46. The van der Waals surface area contributed by atoms with E-state index in [-0.39, 0.29) is 11.7 Å². The quantitative estimate of drug-likeness (QED) is 0.534. The molecule has 1 unspecified atom stereocenters. The number of aryl methyl sites for hydroxylation is 1. The number of halogens is 1. The van der Waals surface area contributed by atoms with Crippen LogP contribution < -0.4 is 4.74 Å². The van der Waals surface area contributed by atoms with Crippen molar-refractivity contribution in [1.29, 1.82) is 0 Å². The summed E-state index contributed by atoms with van der Waals surface area (Å²) in [6, 6.07) is 12.5. The molecule has 0 amide bonds. The summed E-state index contributed by atoms with van der Waals surface area (Å²) in [5.74, 6) is 2.68. The summed E-state index contributed by atoms with van der Waals surface area (Å²) in [5.41, 5.74) is 4.84. The topological polar surface area (TPSA) is 9.23 Å². The largest absolute Gasteiger partial charge is 0.494 e. The van der Waals surface area contributed by atoms with Gasteiger partial charge in [0.05, 0.1) is 6.61 Å². The summed E-state index contributed by atoms with van der Waals surface area (Å²) in [7, 11) is 0. The number of fused-ring (bicyclic) bond motifs is 1. The van der Waals surface area contributed by atoms with Crippen molar-refractivity contribution in [2.24, 2.45) is 5.92 Å². The predicted octanol–water partition coefficient (Wildman–Crippen LogP) is 7.18. The lowest BCUT2D eigenvalue weighted by molar-refractivity contribution is 0.318. The zero-order chi connectivity index (χ0) is 19.5. The Bertz CT molecular complexity index is 804. The first-order valence-electron chi connectivity index (χ1n) is 11.2. The standard InChI is InChI=1S/C26H33FO/c1-3-18-5-7-19(8-6-18)22-12-14-25(26(27)17-22)23-10-9-21-16-24(28-4-2)13-11-20(21)15-23/h11-14,16-19,23H,3-10,15H2,1-2H3. The summed E-state index contributed by atoms with van der Waals surface area (Å²) in [6.45, 7) is 5.00. The molecule has 4 rings (SSSR count). The fourth-order valence-electron chi connectivity index (χ4n) is 5.29. The molecule has 0 bridgehead atoms. The lowest BCUT2D eigenvalue weighted by Crippen LogP contribution is -2.15. The van der Waals surface area contributed by atoms with E-state index >= 15 is 4.39 Å². The Labute approximate surface area is 169 Å². The molecule has 2 aliphatic rings. The normalized spacial score (nSPS) is 24.6. The molecule has 0 saturated heterocycles. The smallest absolute Gasteiger partial charge is 0.126 e. The molecule has 1 fully saturated rings. The lowest BCUT2D eigenvalue weighted by atomic mass is 9.76. The van der Waals surface area contributed by atoms with Gasteiger partial charge in [-0.15, -0.1) is 0 Å². The van der Waals surface area contributed by atoms with Gasteiger partial charge in [-0.3, -0.25) is 0 Å². The summed E-state index contributed by atoms with van der Waals surface area (Å²) in [5, 5.41) is 0. The van der Waals surface area contributed by atoms with E-state index in [1.807, 2.05) is 13.0 Å². The summed E-state index contributed by atoms with van der Waals surface area (Å²) < 4.78 is 20.7. The van der Waals surface area contributed by atoms with E-state index in [0.29, 0.717) is 12.5 Å². The van der Waals surface area contributed by atoms with Crippen molar-refractivity contribution in [2.75, 3.05) is 6.61 Å². The number of rotatable bonds is 5. The summed E-state index contributed by atoms with van der Waals surface area (Å²) >= 11 is 0. The van der Waals surface area contributed by atoms with Crippen molar-refractivity contribution < 1.29 is 9.13 Å². The van der Waals surface area contributed by atoms with Gasteiger partial charge in [0.1, 0.15) is 11.6 Å². The van der Waals surface area contributed by atoms with Crippen molar-refractivity contribution >= 4 is 0 Å². The van der Waals surface area contributed by atoms with Gasteiger partial charge in [-0.2, -0.15) is 0 Å². The highest BCUT2D eigenvalue weighted by molar-refractivity contribution is 5.40. The molecule has 0 aromatic heterocycles. The van der Waals surface area contributed by atoms with Crippen LogP contribution >= 0.6 is 0 Å². The van der Waals surface area contributed by atoms with Gasteiger partial charge >= 0.3 is 0 Å². The molecular weight excluding hydrogens is 347 g/mol. The van der Waals surface area contributed by atoms with Gasteiger partial charge < -0.3 is 4.74 Å². The highest BCUT2D eigenvalue weighted by Gasteiger charge is 2.25. The van der Waals surface area contributed by atoms with Crippen molar-refractivity contribution in [3.8, 4) is 5.75 Å². The van der Waals surface area contributed by atoms with Crippen LogP contribution in [0.25, 0.3) is 0 Å². The molecule has 0 radical (unpaired) electrons. The molecule has 150 valence electrons. The maximum absolute atomic E-state index is 15.1. The third-order valence-electron chi connectivity index (χ3n) is 7.08. The first kappa shape index (κ1) is 19.5. The molecule has 1 saturated carbocycles. The highest BCUT2D eigenvalue weighted by Crippen LogP contribution is 2.39. The monoisotopic (exact) mass is 380 g/mol. The lowest BCUT2D eigenvalue weighted by Gasteiger charge is -2.29. The van der Waals surface area contributed by atoms with Crippen LogP contribution in [0.5, 0.6) is 5.75 Å². The van der Waals surface area contributed by atoms with E-state index in [1.54, 1.807) is 0 Å². The molecule has 28 heavy (non-hydrogen) atoms. The summed E-state index contributed by atoms with van der Waals surface area (Å²) in [6.07, 6.45) is 9.27. The van der Waals surface area contributed by atoms with Crippen LogP contribution in [0.4, 0.5) is 4.39 Å². The molecule has 2 aromatic carbocycles. The van der Waals surface area contributed by atoms with Crippen LogP contribution in [0.1, 0.15) is 86.5 Å². The van der Waals surface area contributed by atoms with Gasteiger partial charge in [0, 0.05) is 0 Å². The molecule has 2 heteroatoms. The number of hydrogen-bond acceptors (Lipinski definition) is 1. The van der Waals surface area contributed by atoms with Crippen molar-refractivity contribution in [3.05, 3.63) is 64.5 Å². The minimum absolute atomic E-state index is 0.00880. The molecule has 0 N–H and O–H groups in total.